The van der Waals surface area contributed by atoms with Crippen LogP contribution in [-0.4, -0.2) is 4.70 Å². The Balaban J connectivity index is 0.00000414. The average Bonchev–Trinajstić information content (AvgIpc) is 3.60. The Bertz CT molecular complexity index is 1470. The Morgan fingerprint density at radius 1 is 0.361 bits per heavy atom. The first kappa shape index (κ1) is 55.1. The van der Waals surface area contributed by atoms with Crippen molar-refractivity contribution in [3.63, 3.8) is 0 Å². The summed E-state index contributed by atoms with van der Waals surface area (Å²) in [6, 6.07) is 14.6. The summed E-state index contributed by atoms with van der Waals surface area (Å²) >= 11 is 1.62. The van der Waals surface area contributed by atoms with Crippen LogP contribution in [0.25, 0.3) is 16.9 Å². The molecule has 0 amide bonds. The second kappa shape index (κ2) is 37.4. The first-order valence-electron chi connectivity index (χ1n) is 26.4. The van der Waals surface area contributed by atoms with Gasteiger partial charge in [-0.3, -0.25) is 0 Å². The second-order valence-corrected chi connectivity index (χ2v) is 19.7. The molecule has 0 fully saturated rings. The van der Waals surface area contributed by atoms with Gasteiger partial charge in [-0.25, -0.2) is 4.70 Å². The fraction of sp³-hybridized carbons (Fsp3) is 0.724. The van der Waals surface area contributed by atoms with Crippen LogP contribution in [-0.2, 0) is 40.1 Å². The van der Waals surface area contributed by atoms with E-state index in [1.165, 1.54) is 219 Å². The molecular formula is C58H98N2Ni. The van der Waals surface area contributed by atoms with Crippen LogP contribution in [0.1, 0.15) is 267 Å². The van der Waals surface area contributed by atoms with E-state index in [1.807, 2.05) is 0 Å². The van der Waals surface area contributed by atoms with Gasteiger partial charge in [0.1, 0.15) is 0 Å². The second-order valence-electron chi connectivity index (χ2n) is 18.7. The third kappa shape index (κ3) is 24.6. The van der Waals surface area contributed by atoms with Gasteiger partial charge < -0.3 is 5.53 Å². The van der Waals surface area contributed by atoms with E-state index >= 15 is 0 Å². The van der Waals surface area contributed by atoms with E-state index in [4.69, 9.17) is 0 Å². The summed E-state index contributed by atoms with van der Waals surface area (Å²) in [6.45, 7) is 11.5. The number of unbranched alkanes of at least 4 members (excludes halogenated alkanes) is 25. The van der Waals surface area contributed by atoms with Crippen LogP contribution in [0.15, 0.2) is 48.0 Å². The minimum atomic E-state index is 0.969. The molecule has 0 N–H and O–H groups in total. The van der Waals surface area contributed by atoms with Gasteiger partial charge >= 0.3 is 26.2 Å². The van der Waals surface area contributed by atoms with Gasteiger partial charge in [-0.05, 0) is 111 Å². The van der Waals surface area contributed by atoms with Crippen molar-refractivity contribution in [3.8, 4) is 0 Å². The van der Waals surface area contributed by atoms with Crippen LogP contribution >= 0.6 is 0 Å². The molecule has 1 heterocycles. The summed E-state index contributed by atoms with van der Waals surface area (Å²) < 4.78 is 1.59. The first-order valence-corrected chi connectivity index (χ1v) is 28.3. The van der Waals surface area contributed by atoms with Gasteiger partial charge in [-0.2, -0.15) is 0 Å². The predicted octanol–water partition coefficient (Wildman–Crippen LogP) is 20.0. The van der Waals surface area contributed by atoms with E-state index in [0.717, 1.165) is 56.3 Å². The van der Waals surface area contributed by atoms with Crippen molar-refractivity contribution in [3.05, 3.63) is 87.0 Å². The summed E-state index contributed by atoms with van der Waals surface area (Å²) in [7, 11) is 0. The summed E-state index contributed by atoms with van der Waals surface area (Å²) in [5.74, 6) is 4.12. The fourth-order valence-electron chi connectivity index (χ4n) is 9.11. The van der Waals surface area contributed by atoms with Crippen molar-refractivity contribution in [1.29, 1.82) is 0 Å². The van der Waals surface area contributed by atoms with Gasteiger partial charge in [-0.1, -0.05) is 207 Å². The predicted molar refractivity (Wildman–Crippen MR) is 269 cm³/mol. The van der Waals surface area contributed by atoms with Crippen LogP contribution in [0.4, 0.5) is 0 Å². The van der Waals surface area contributed by atoms with Gasteiger partial charge in [0.05, 0.1) is 0 Å². The Morgan fingerprint density at radius 3 is 0.984 bits per heavy atom. The summed E-state index contributed by atoms with van der Waals surface area (Å²) in [5.41, 5.74) is 23.7. The van der Waals surface area contributed by atoms with Crippen molar-refractivity contribution in [2.24, 2.45) is 0 Å². The molecule has 2 aromatic rings. The van der Waals surface area contributed by atoms with E-state index < -0.39 is 0 Å². The maximum absolute atomic E-state index is 12.2. The molecule has 0 spiro atoms. The van der Waals surface area contributed by atoms with Gasteiger partial charge in [0.2, 0.25) is 11.4 Å². The van der Waals surface area contributed by atoms with Gasteiger partial charge in [0.25, 0.3) is 0 Å². The molecule has 3 rings (SSSR count). The number of hydrogen-bond donors (Lipinski definition) is 0. The number of rotatable bonds is 37. The number of hydrogen-bond acceptors (Lipinski definition) is 0. The van der Waals surface area contributed by atoms with Gasteiger partial charge in [0, 0.05) is 22.8 Å². The van der Waals surface area contributed by atoms with E-state index in [0.29, 0.717) is 0 Å². The quantitative estimate of drug-likeness (QED) is 0.0367. The third-order valence-corrected chi connectivity index (χ3v) is 12.8. The molecule has 0 aromatic heterocycles. The first-order chi connectivity index (χ1) is 30.0. The molecule has 2 aromatic carbocycles. The van der Waals surface area contributed by atoms with Crippen LogP contribution in [0.3, 0.4) is 0 Å². The third-order valence-electron chi connectivity index (χ3n) is 12.8. The molecule has 0 bridgehead atoms. The van der Waals surface area contributed by atoms with Gasteiger partial charge in [0.15, 0.2) is 0 Å². The van der Waals surface area contributed by atoms with E-state index in [1.54, 1.807) is 19.1 Å². The molecule has 350 valence electrons. The number of nitrogens with zero attached hydrogens (tertiary/aromatic N) is 2. The van der Waals surface area contributed by atoms with Crippen LogP contribution < -0.4 is 0 Å². The standard InChI is InChI=1S/C56H92N2.2CH3.Ni/c1-6-11-16-18-20-22-24-26-28-30-32-34-38-50-41-48(36-13-8-3)43-53(44-50)55-47-52(40-15-10-5)56(58(55)57)54-45-49(37-14-9-4)42-51(46-54)39-35-33-31-29-27-25-23-21-19-17-12-7-2;;;/h41-47H,6-40H2,1-5H3;2*1H3;. The molecule has 0 saturated heterocycles. The molecule has 0 radical (unpaired) electrons. The zero-order valence-electron chi connectivity index (χ0n) is 41.5. The van der Waals surface area contributed by atoms with Crippen molar-refractivity contribution in [2.45, 2.75) is 271 Å². The molecule has 1 aliphatic heterocycles. The summed E-state index contributed by atoms with van der Waals surface area (Å²) in [6.07, 6.45) is 48.2. The zero-order chi connectivity index (χ0) is 44.2. The zero-order valence-corrected chi connectivity index (χ0v) is 42.5. The minimum absolute atomic E-state index is 0.969. The molecule has 0 unspecified atom stereocenters. The fourth-order valence-corrected chi connectivity index (χ4v) is 9.11. The monoisotopic (exact) mass is 881 g/mol. The van der Waals surface area contributed by atoms with Crippen molar-refractivity contribution in [2.75, 3.05) is 0 Å². The number of allylic oxidation sites excluding steroid dienone is 2. The van der Waals surface area contributed by atoms with Gasteiger partial charge in [-0.15, -0.1) is 0 Å². The van der Waals surface area contributed by atoms with E-state index in [9.17, 15) is 5.53 Å². The molecule has 0 saturated carbocycles. The number of benzene rings is 2. The molecule has 0 atom stereocenters. The van der Waals surface area contributed by atoms with Crippen LogP contribution in [0.5, 0.6) is 0 Å². The average molecular weight is 882 g/mol. The topological polar surface area (TPSA) is 25.3 Å². The maximum atomic E-state index is 12.2. The molecule has 0 aliphatic carbocycles. The molecule has 2 nitrogen and oxygen atoms in total. The Labute approximate surface area is 386 Å². The Hall–Kier alpha value is -1.99. The molecule has 3 heteroatoms. The molecule has 61 heavy (non-hydrogen) atoms. The number of aryl methyl sites for hydroxylation is 4. The Morgan fingerprint density at radius 2 is 0.639 bits per heavy atom. The summed E-state index contributed by atoms with van der Waals surface area (Å²) in [4.78, 5) is 0. The molecular weight excluding hydrogens is 783 g/mol. The van der Waals surface area contributed by atoms with Crippen molar-refractivity contribution in [1.82, 2.24) is 0 Å². The van der Waals surface area contributed by atoms with Crippen molar-refractivity contribution >= 4 is 11.4 Å². The van der Waals surface area contributed by atoms with Crippen LogP contribution in [0, 0.1) is 0 Å². The van der Waals surface area contributed by atoms with E-state index in [-0.39, 0.29) is 0 Å². The van der Waals surface area contributed by atoms with Crippen LogP contribution in [0.2, 0.25) is 11.8 Å². The summed E-state index contributed by atoms with van der Waals surface area (Å²) in [5, 5.41) is 0. The van der Waals surface area contributed by atoms with E-state index in [2.05, 4.69) is 88.9 Å². The van der Waals surface area contributed by atoms with Crippen molar-refractivity contribution < 1.29 is 19.1 Å². The SMILES string of the molecule is CCCCCCCCCCCCCCc1cc(CCCC)cc(C2=CC(CCCC)=C(c3cc(CCCC)cc(CCCCCCCCCCCCCC)c3)[N+]2=[N-])c1.[CH3][Ni][CH3]. The molecule has 1 aliphatic rings. The Kier molecular flexibility index (Phi) is 33.8. The normalized spacial score (nSPS) is 12.7.